The van der Waals surface area contributed by atoms with E-state index in [1.54, 1.807) is 11.3 Å². The average molecular weight is 380 g/mol. The summed E-state index contributed by atoms with van der Waals surface area (Å²) in [5.74, 6) is 0.334. The van der Waals surface area contributed by atoms with Crippen LogP contribution >= 0.6 is 11.3 Å². The second kappa shape index (κ2) is 8.09. The Labute approximate surface area is 164 Å². The Balaban J connectivity index is 1.35. The van der Waals surface area contributed by atoms with Crippen LogP contribution in [-0.2, 0) is 11.2 Å². The van der Waals surface area contributed by atoms with E-state index < -0.39 is 0 Å². The van der Waals surface area contributed by atoms with Gasteiger partial charge < -0.3 is 10.2 Å². The number of aryl methyl sites for hydroxylation is 1. The van der Waals surface area contributed by atoms with Gasteiger partial charge >= 0.3 is 0 Å². The van der Waals surface area contributed by atoms with Crippen LogP contribution in [0.4, 0.5) is 5.69 Å². The molecule has 0 aliphatic carbocycles. The fourth-order valence-corrected chi connectivity index (χ4v) is 4.55. The van der Waals surface area contributed by atoms with Crippen molar-refractivity contribution in [3.63, 3.8) is 0 Å². The maximum atomic E-state index is 12.5. The van der Waals surface area contributed by atoms with Crippen molar-refractivity contribution in [1.29, 1.82) is 0 Å². The van der Waals surface area contributed by atoms with Crippen molar-refractivity contribution in [2.45, 2.75) is 26.2 Å². The Morgan fingerprint density at radius 2 is 2.04 bits per heavy atom. The van der Waals surface area contributed by atoms with Crippen molar-refractivity contribution >= 4 is 33.8 Å². The number of nitrogens with one attached hydrogen (secondary N) is 1. The van der Waals surface area contributed by atoms with E-state index in [0.717, 1.165) is 50.1 Å². The van der Waals surface area contributed by atoms with Gasteiger partial charge in [0, 0.05) is 47.2 Å². The zero-order chi connectivity index (χ0) is 18.6. The topological polar surface area (TPSA) is 45.2 Å². The predicted molar refractivity (Wildman–Crippen MR) is 112 cm³/mol. The summed E-state index contributed by atoms with van der Waals surface area (Å²) in [5, 5.41) is 6.40. The Bertz CT molecular complexity index is 914. The predicted octanol–water partition coefficient (Wildman–Crippen LogP) is 4.18. The van der Waals surface area contributed by atoms with Gasteiger partial charge in [-0.25, -0.2) is 0 Å². The zero-order valence-electron chi connectivity index (χ0n) is 15.6. The van der Waals surface area contributed by atoms with Crippen LogP contribution in [0.3, 0.4) is 0 Å². The number of fused-ring (bicyclic) bond motifs is 1. The summed E-state index contributed by atoms with van der Waals surface area (Å²) in [4.78, 5) is 20.9. The van der Waals surface area contributed by atoms with Crippen molar-refractivity contribution < 1.29 is 4.79 Å². The lowest BCUT2D eigenvalue weighted by Crippen LogP contribution is -2.41. The zero-order valence-corrected chi connectivity index (χ0v) is 16.5. The molecular formula is C22H25N3OS. The second-order valence-electron chi connectivity index (χ2n) is 7.18. The molecule has 2 aromatic heterocycles. The molecule has 0 atom stereocenters. The number of carbonyl (C=O) groups excluding carboxylic acids is 1. The lowest BCUT2D eigenvalue weighted by molar-refractivity contribution is -0.125. The molecule has 0 bridgehead atoms. The minimum Gasteiger partial charge on any atom is -0.371 e. The molecule has 3 heterocycles. The quantitative estimate of drug-likeness (QED) is 0.723. The molecule has 140 valence electrons. The number of carbonyl (C=O) groups is 1. The van der Waals surface area contributed by atoms with Crippen LogP contribution in [0.25, 0.3) is 10.9 Å². The van der Waals surface area contributed by atoms with Gasteiger partial charge in [0.25, 0.3) is 0 Å². The number of thiophene rings is 1. The number of pyridine rings is 1. The van der Waals surface area contributed by atoms with E-state index in [1.165, 1.54) is 16.0 Å². The summed E-state index contributed by atoms with van der Waals surface area (Å²) in [7, 11) is 0. The van der Waals surface area contributed by atoms with Gasteiger partial charge in [0.05, 0.1) is 5.52 Å². The molecule has 4 rings (SSSR count). The van der Waals surface area contributed by atoms with E-state index in [9.17, 15) is 4.79 Å². The molecule has 1 saturated heterocycles. The van der Waals surface area contributed by atoms with E-state index in [-0.39, 0.29) is 11.8 Å². The van der Waals surface area contributed by atoms with Crippen molar-refractivity contribution in [1.82, 2.24) is 10.3 Å². The van der Waals surface area contributed by atoms with Crippen LogP contribution in [0.2, 0.25) is 0 Å². The van der Waals surface area contributed by atoms with Gasteiger partial charge in [-0.05, 0) is 49.8 Å². The molecule has 27 heavy (non-hydrogen) atoms. The molecule has 5 heteroatoms. The Morgan fingerprint density at radius 3 is 2.81 bits per heavy atom. The standard InChI is InChI=1S/C22H25N3OS/c1-16-15-21(19-6-2-3-7-20(19)24-16)25-12-9-17(10-13-25)22(26)23-11-8-18-5-4-14-27-18/h2-7,14-15,17H,8-13H2,1H3,(H,23,26). The van der Waals surface area contributed by atoms with Gasteiger partial charge in [0.1, 0.15) is 0 Å². The lowest BCUT2D eigenvalue weighted by atomic mass is 9.95. The lowest BCUT2D eigenvalue weighted by Gasteiger charge is -2.33. The van der Waals surface area contributed by atoms with E-state index in [2.05, 4.69) is 57.0 Å². The minimum absolute atomic E-state index is 0.124. The largest absolute Gasteiger partial charge is 0.371 e. The van der Waals surface area contributed by atoms with E-state index in [1.807, 2.05) is 13.0 Å². The molecule has 0 radical (unpaired) electrons. The molecule has 1 fully saturated rings. The number of rotatable bonds is 5. The van der Waals surface area contributed by atoms with Crippen LogP contribution in [0.1, 0.15) is 23.4 Å². The van der Waals surface area contributed by atoms with E-state index in [0.29, 0.717) is 0 Å². The molecule has 0 saturated carbocycles. The molecule has 3 aromatic rings. The van der Waals surface area contributed by atoms with Crippen molar-refractivity contribution in [3.8, 4) is 0 Å². The number of para-hydroxylation sites is 1. The highest BCUT2D eigenvalue weighted by atomic mass is 32.1. The van der Waals surface area contributed by atoms with E-state index >= 15 is 0 Å². The summed E-state index contributed by atoms with van der Waals surface area (Å²) >= 11 is 1.75. The first-order valence-electron chi connectivity index (χ1n) is 9.62. The molecule has 1 aromatic carbocycles. The molecule has 1 N–H and O–H groups in total. The third-order valence-electron chi connectivity index (χ3n) is 5.28. The number of piperidine rings is 1. The molecular weight excluding hydrogens is 354 g/mol. The number of benzene rings is 1. The second-order valence-corrected chi connectivity index (χ2v) is 8.21. The van der Waals surface area contributed by atoms with Gasteiger partial charge in [0.15, 0.2) is 0 Å². The fraction of sp³-hybridized carbons (Fsp3) is 0.364. The fourth-order valence-electron chi connectivity index (χ4n) is 3.84. The summed E-state index contributed by atoms with van der Waals surface area (Å²) in [6.45, 7) is 4.60. The number of anilines is 1. The SMILES string of the molecule is Cc1cc(N2CCC(C(=O)NCCc3cccs3)CC2)c2ccccc2n1. The molecule has 1 aliphatic heterocycles. The number of nitrogens with zero attached hydrogens (tertiary/aromatic N) is 2. The first-order chi connectivity index (χ1) is 13.2. The van der Waals surface area contributed by atoms with Crippen LogP contribution < -0.4 is 10.2 Å². The Hall–Kier alpha value is -2.40. The van der Waals surface area contributed by atoms with Crippen molar-refractivity contribution in [3.05, 3.63) is 58.4 Å². The highest BCUT2D eigenvalue weighted by molar-refractivity contribution is 7.09. The maximum Gasteiger partial charge on any atom is 0.223 e. The summed E-state index contributed by atoms with van der Waals surface area (Å²) < 4.78 is 0. The molecule has 1 aliphatic rings. The van der Waals surface area contributed by atoms with E-state index in [4.69, 9.17) is 0 Å². The number of hydrogen-bond acceptors (Lipinski definition) is 4. The normalized spacial score (nSPS) is 15.2. The van der Waals surface area contributed by atoms with Crippen LogP contribution in [-0.4, -0.2) is 30.5 Å². The van der Waals surface area contributed by atoms with Crippen LogP contribution in [0.15, 0.2) is 47.8 Å². The maximum absolute atomic E-state index is 12.5. The third-order valence-corrected chi connectivity index (χ3v) is 6.22. The summed E-state index contributed by atoms with van der Waals surface area (Å²) in [5.41, 5.74) is 3.33. The van der Waals surface area contributed by atoms with Crippen LogP contribution in [0.5, 0.6) is 0 Å². The van der Waals surface area contributed by atoms with Crippen molar-refractivity contribution in [2.75, 3.05) is 24.5 Å². The van der Waals surface area contributed by atoms with Crippen LogP contribution in [0, 0.1) is 12.8 Å². The minimum atomic E-state index is 0.124. The van der Waals surface area contributed by atoms with Gasteiger partial charge in [0.2, 0.25) is 5.91 Å². The van der Waals surface area contributed by atoms with Crippen molar-refractivity contribution in [2.24, 2.45) is 5.92 Å². The molecule has 1 amide bonds. The van der Waals surface area contributed by atoms with Gasteiger partial charge in [-0.1, -0.05) is 24.3 Å². The molecule has 0 unspecified atom stereocenters. The first kappa shape index (κ1) is 18.0. The molecule has 4 nitrogen and oxygen atoms in total. The van der Waals surface area contributed by atoms with Gasteiger partial charge in [-0.2, -0.15) is 0 Å². The average Bonchev–Trinajstić information content (AvgIpc) is 3.21. The molecule has 0 spiro atoms. The monoisotopic (exact) mass is 379 g/mol. The highest BCUT2D eigenvalue weighted by Crippen LogP contribution is 2.30. The summed E-state index contributed by atoms with van der Waals surface area (Å²) in [6.07, 6.45) is 2.73. The highest BCUT2D eigenvalue weighted by Gasteiger charge is 2.25. The summed E-state index contributed by atoms with van der Waals surface area (Å²) in [6, 6.07) is 14.7. The Kier molecular flexibility index (Phi) is 5.39. The van der Waals surface area contributed by atoms with Gasteiger partial charge in [-0.3, -0.25) is 9.78 Å². The Morgan fingerprint density at radius 1 is 1.22 bits per heavy atom. The number of hydrogen-bond donors (Lipinski definition) is 1. The third kappa shape index (κ3) is 4.14. The van der Waals surface area contributed by atoms with Gasteiger partial charge in [-0.15, -0.1) is 11.3 Å². The number of amides is 1. The number of aromatic nitrogens is 1. The first-order valence-corrected chi connectivity index (χ1v) is 10.5. The smallest absolute Gasteiger partial charge is 0.223 e.